The Kier molecular flexibility index (Phi) is 7.69. The number of thioether (sulfide) groups is 1. The lowest BCUT2D eigenvalue weighted by atomic mass is 9.99. The van der Waals surface area contributed by atoms with Crippen molar-refractivity contribution in [3.05, 3.63) is 65.6 Å². The Morgan fingerprint density at radius 3 is 2.53 bits per heavy atom. The van der Waals surface area contributed by atoms with Crippen LogP contribution >= 0.6 is 11.8 Å². The number of ether oxygens (including phenoxy) is 1. The third-order valence-corrected chi connectivity index (χ3v) is 7.43. The minimum Gasteiger partial charge on any atom is -0.468 e. The molecular formula is C27H32N4O2S. The van der Waals surface area contributed by atoms with Gasteiger partial charge in [-0.25, -0.2) is 0 Å². The Hall–Kier alpha value is -3.11. The van der Waals surface area contributed by atoms with Crippen LogP contribution in [-0.2, 0) is 9.53 Å². The van der Waals surface area contributed by atoms with E-state index in [4.69, 9.17) is 4.74 Å². The largest absolute Gasteiger partial charge is 0.468 e. The molecule has 1 amide bonds. The second kappa shape index (κ2) is 10.9. The molecule has 0 saturated carbocycles. The van der Waals surface area contributed by atoms with Crippen molar-refractivity contribution in [2.75, 3.05) is 43.3 Å². The summed E-state index contributed by atoms with van der Waals surface area (Å²) in [7, 11) is 2.01. The highest BCUT2D eigenvalue weighted by molar-refractivity contribution is 7.99. The topological polar surface area (TPSA) is 59.8 Å². The number of hydrazine groups is 1. The molecule has 0 aromatic heterocycles. The van der Waals surface area contributed by atoms with E-state index in [1.807, 2.05) is 60.1 Å². The average molecular weight is 477 g/mol. The first-order chi connectivity index (χ1) is 16.5. The molecule has 7 heteroatoms. The Bertz CT molecular complexity index is 1090. The molecule has 2 aromatic rings. The third-order valence-electron chi connectivity index (χ3n) is 6.48. The van der Waals surface area contributed by atoms with Crippen molar-refractivity contribution in [2.45, 2.75) is 32.7 Å². The molecule has 0 aliphatic carbocycles. The summed E-state index contributed by atoms with van der Waals surface area (Å²) in [5, 5.41) is 13.5. The lowest BCUT2D eigenvalue weighted by Crippen LogP contribution is -2.42. The number of hydrogen-bond donors (Lipinski definition) is 0. The van der Waals surface area contributed by atoms with Gasteiger partial charge in [0.2, 0.25) is 5.88 Å². The highest BCUT2D eigenvalue weighted by Crippen LogP contribution is 2.40. The van der Waals surface area contributed by atoms with Crippen molar-refractivity contribution in [2.24, 2.45) is 0 Å². The number of hydrogen-bond acceptors (Lipinski definition) is 6. The van der Waals surface area contributed by atoms with Gasteiger partial charge in [-0.2, -0.15) is 17.0 Å². The van der Waals surface area contributed by atoms with Gasteiger partial charge in [-0.1, -0.05) is 43.7 Å². The van der Waals surface area contributed by atoms with Crippen molar-refractivity contribution < 1.29 is 9.53 Å². The average Bonchev–Trinajstić information content (AvgIpc) is 3.11. The van der Waals surface area contributed by atoms with E-state index in [0.29, 0.717) is 5.56 Å². The fourth-order valence-electron chi connectivity index (χ4n) is 4.71. The maximum atomic E-state index is 12.7. The van der Waals surface area contributed by atoms with Gasteiger partial charge in [0, 0.05) is 42.8 Å². The highest BCUT2D eigenvalue weighted by Gasteiger charge is 2.37. The predicted octanol–water partition coefficient (Wildman–Crippen LogP) is 4.88. The first-order valence-corrected chi connectivity index (χ1v) is 13.0. The Labute approximate surface area is 206 Å². The van der Waals surface area contributed by atoms with Crippen LogP contribution in [0.25, 0.3) is 11.1 Å². The predicted molar refractivity (Wildman–Crippen MR) is 138 cm³/mol. The molecule has 0 N–H and O–H groups in total. The van der Waals surface area contributed by atoms with E-state index in [1.165, 1.54) is 0 Å². The first kappa shape index (κ1) is 24.0. The van der Waals surface area contributed by atoms with E-state index in [0.717, 1.165) is 65.7 Å². The van der Waals surface area contributed by atoms with Crippen molar-refractivity contribution in [3.63, 3.8) is 0 Å². The zero-order valence-corrected chi connectivity index (χ0v) is 21.0. The van der Waals surface area contributed by atoms with Crippen molar-refractivity contribution in [1.29, 1.82) is 5.26 Å². The van der Waals surface area contributed by atoms with Crippen LogP contribution in [0, 0.1) is 11.3 Å². The number of rotatable bonds is 7. The molecule has 6 nitrogen and oxygen atoms in total. The molecule has 0 bridgehead atoms. The van der Waals surface area contributed by atoms with Crippen molar-refractivity contribution in [3.8, 4) is 17.2 Å². The summed E-state index contributed by atoms with van der Waals surface area (Å²) in [6.07, 6.45) is 2.01. The number of nitriles is 1. The molecule has 0 spiro atoms. The minimum absolute atomic E-state index is 0.0532. The molecule has 2 heterocycles. The number of para-hydroxylation sites is 1. The molecule has 1 saturated heterocycles. The van der Waals surface area contributed by atoms with Gasteiger partial charge in [0.25, 0.3) is 5.91 Å². The van der Waals surface area contributed by atoms with Crippen LogP contribution in [0.2, 0.25) is 0 Å². The van der Waals surface area contributed by atoms with Crippen LogP contribution in [0.15, 0.2) is 60.0 Å². The molecule has 1 atom stereocenters. The fraction of sp³-hybridized carbons (Fsp3) is 0.407. The van der Waals surface area contributed by atoms with Gasteiger partial charge >= 0.3 is 0 Å². The quantitative estimate of drug-likeness (QED) is 0.567. The van der Waals surface area contributed by atoms with Gasteiger partial charge in [-0.05, 0) is 37.1 Å². The van der Waals surface area contributed by atoms with Gasteiger partial charge in [-0.3, -0.25) is 14.8 Å². The van der Waals surface area contributed by atoms with E-state index in [9.17, 15) is 10.1 Å². The number of amides is 1. The van der Waals surface area contributed by atoms with Gasteiger partial charge in [0.05, 0.1) is 23.4 Å². The summed E-state index contributed by atoms with van der Waals surface area (Å²) in [5.41, 5.74) is 5.01. The van der Waals surface area contributed by atoms with Crippen LogP contribution in [0.5, 0.6) is 0 Å². The van der Waals surface area contributed by atoms with Crippen molar-refractivity contribution >= 4 is 23.4 Å². The van der Waals surface area contributed by atoms with Crippen LogP contribution in [0.4, 0.5) is 5.69 Å². The molecule has 0 radical (unpaired) electrons. The Morgan fingerprint density at radius 1 is 1.15 bits per heavy atom. The summed E-state index contributed by atoms with van der Waals surface area (Å²) >= 11 is 1.89. The van der Waals surface area contributed by atoms with Crippen molar-refractivity contribution in [1.82, 2.24) is 9.91 Å². The summed E-state index contributed by atoms with van der Waals surface area (Å²) in [4.78, 5) is 14.6. The first-order valence-electron chi connectivity index (χ1n) is 11.9. The summed E-state index contributed by atoms with van der Waals surface area (Å²) in [6.45, 7) is 5.95. The van der Waals surface area contributed by atoms with Crippen LogP contribution in [-0.4, -0.2) is 60.1 Å². The third kappa shape index (κ3) is 4.88. The Balaban J connectivity index is 1.60. The van der Waals surface area contributed by atoms with E-state index in [1.54, 1.807) is 0 Å². The van der Waals surface area contributed by atoms with E-state index >= 15 is 0 Å². The number of carbonyl (C=O) groups is 1. The standard InChI is InChI=1S/C27H32N4O2S/c1-4-7-24-20(2)27(33-19-26(32)30-14-16-34-17-15-30)29(3)31(24)25-9-6-5-8-23(25)22-12-10-21(18-28)11-13-22/h5-6,8-13,24H,4,7,14-17,19H2,1-3H3. The number of nitrogens with zero attached hydrogens (tertiary/aromatic N) is 4. The fourth-order valence-corrected chi connectivity index (χ4v) is 5.62. The second-order valence-electron chi connectivity index (χ2n) is 8.65. The molecule has 34 heavy (non-hydrogen) atoms. The summed E-state index contributed by atoms with van der Waals surface area (Å²) < 4.78 is 6.18. The zero-order chi connectivity index (χ0) is 24.1. The van der Waals surface area contributed by atoms with Gasteiger partial charge in [0.15, 0.2) is 6.61 Å². The molecule has 4 rings (SSSR count). The van der Waals surface area contributed by atoms with E-state index in [2.05, 4.69) is 42.1 Å². The van der Waals surface area contributed by atoms with Gasteiger partial charge < -0.3 is 9.64 Å². The Morgan fingerprint density at radius 2 is 1.85 bits per heavy atom. The second-order valence-corrected chi connectivity index (χ2v) is 9.87. The normalized spacial score (nSPS) is 18.3. The molecule has 178 valence electrons. The van der Waals surface area contributed by atoms with Crippen LogP contribution in [0.3, 0.4) is 0 Å². The van der Waals surface area contributed by atoms with Crippen LogP contribution in [0.1, 0.15) is 32.3 Å². The lowest BCUT2D eigenvalue weighted by Gasteiger charge is -2.36. The summed E-state index contributed by atoms with van der Waals surface area (Å²) in [5.74, 6) is 2.79. The number of benzene rings is 2. The van der Waals surface area contributed by atoms with Gasteiger partial charge in [-0.15, -0.1) is 0 Å². The smallest absolute Gasteiger partial charge is 0.260 e. The summed E-state index contributed by atoms with van der Waals surface area (Å²) in [6, 6.07) is 18.4. The van der Waals surface area contributed by atoms with Gasteiger partial charge in [0.1, 0.15) is 0 Å². The minimum atomic E-state index is 0.0532. The molecule has 2 aromatic carbocycles. The maximum Gasteiger partial charge on any atom is 0.260 e. The molecule has 1 fully saturated rings. The monoisotopic (exact) mass is 476 g/mol. The maximum absolute atomic E-state index is 12.7. The van der Waals surface area contributed by atoms with E-state index in [-0.39, 0.29) is 18.6 Å². The van der Waals surface area contributed by atoms with E-state index < -0.39 is 0 Å². The number of anilines is 1. The SMILES string of the molecule is CCCC1C(C)=C(OCC(=O)N2CCSCC2)N(C)N1c1ccccc1-c1ccc(C#N)cc1. The zero-order valence-electron chi connectivity index (χ0n) is 20.2. The highest BCUT2D eigenvalue weighted by atomic mass is 32.2. The number of carbonyl (C=O) groups excluding carboxylic acids is 1. The van der Waals surface area contributed by atoms with Crippen LogP contribution < -0.4 is 5.01 Å². The molecule has 2 aliphatic rings. The molecule has 2 aliphatic heterocycles. The molecular weight excluding hydrogens is 444 g/mol. The lowest BCUT2D eigenvalue weighted by molar-refractivity contribution is -0.135. The molecule has 1 unspecified atom stereocenters.